The first-order valence-electron chi connectivity index (χ1n) is 10.7. The molecule has 0 saturated heterocycles. The zero-order valence-corrected chi connectivity index (χ0v) is 17.8. The molecule has 2 aliphatic rings. The maximum absolute atomic E-state index is 11.9. The van der Waals surface area contributed by atoms with Gasteiger partial charge in [0, 0.05) is 29.3 Å². The van der Waals surface area contributed by atoms with E-state index in [-0.39, 0.29) is 12.3 Å². The molecule has 2 atom stereocenters. The van der Waals surface area contributed by atoms with Crippen molar-refractivity contribution < 1.29 is 9.21 Å². The first-order chi connectivity index (χ1) is 15.6. The molecule has 2 unspecified atom stereocenters. The third-order valence-electron chi connectivity index (χ3n) is 5.88. The van der Waals surface area contributed by atoms with E-state index in [0.29, 0.717) is 17.7 Å². The second kappa shape index (κ2) is 8.45. The van der Waals surface area contributed by atoms with E-state index in [0.717, 1.165) is 34.5 Å². The van der Waals surface area contributed by atoms with Gasteiger partial charge in [0.1, 0.15) is 23.3 Å². The number of hydrogen-bond acceptors (Lipinski definition) is 6. The Morgan fingerprint density at radius 3 is 2.88 bits per heavy atom. The van der Waals surface area contributed by atoms with E-state index in [1.807, 2.05) is 43.3 Å². The summed E-state index contributed by atoms with van der Waals surface area (Å²) in [6.45, 7) is 2.62. The van der Waals surface area contributed by atoms with Crippen LogP contribution in [0.2, 0.25) is 0 Å². The number of allylic oxidation sites excluding steroid dienone is 2. The number of rotatable bonds is 5. The quantitative estimate of drug-likeness (QED) is 0.500. The lowest BCUT2D eigenvalue weighted by Gasteiger charge is -2.35. The van der Waals surface area contributed by atoms with Gasteiger partial charge < -0.3 is 15.5 Å². The number of nitrogens with one attached hydrogen (secondary N) is 3. The Hall–Kier alpha value is -3.68. The lowest BCUT2D eigenvalue weighted by Crippen LogP contribution is -2.53. The molecule has 5 N–H and O–H groups in total. The van der Waals surface area contributed by atoms with Crippen LogP contribution in [-0.4, -0.2) is 18.3 Å². The summed E-state index contributed by atoms with van der Waals surface area (Å²) in [6, 6.07) is 15.8. The molecular formula is C25H25N5O2. The van der Waals surface area contributed by atoms with Crippen LogP contribution in [0.5, 0.6) is 0 Å². The minimum absolute atomic E-state index is 0.0972. The average Bonchev–Trinajstić information content (AvgIpc) is 2.96. The van der Waals surface area contributed by atoms with Crippen LogP contribution in [0, 0.1) is 6.92 Å². The second-order valence-electron chi connectivity index (χ2n) is 7.95. The predicted octanol–water partition coefficient (Wildman–Crippen LogP) is 3.39. The number of benzene rings is 2. The highest BCUT2D eigenvalue weighted by Crippen LogP contribution is 2.34. The van der Waals surface area contributed by atoms with Crippen LogP contribution in [0.25, 0.3) is 11.0 Å². The van der Waals surface area contributed by atoms with Gasteiger partial charge in [-0.05, 0) is 31.1 Å². The fourth-order valence-electron chi connectivity index (χ4n) is 4.35. The zero-order chi connectivity index (χ0) is 22.1. The molecule has 0 bridgehead atoms. The van der Waals surface area contributed by atoms with Crippen LogP contribution in [0.4, 0.5) is 0 Å². The van der Waals surface area contributed by atoms with E-state index >= 15 is 0 Å². The van der Waals surface area contributed by atoms with Crippen LogP contribution < -0.4 is 21.7 Å². The number of fused-ring (bicyclic) bond motifs is 1. The number of nitrogens with zero attached hydrogens (tertiary/aromatic N) is 1. The highest BCUT2D eigenvalue weighted by molar-refractivity contribution is 6.05. The minimum atomic E-state index is -0.507. The SMILES string of the molecule is Cc1oc2c(C(N)=O)cccc2c1C1NC2=C(CC=CC=N2)C(NCc2ccccc2)N1. The van der Waals surface area contributed by atoms with E-state index in [1.165, 1.54) is 5.56 Å². The molecule has 0 radical (unpaired) electrons. The molecule has 162 valence electrons. The van der Waals surface area contributed by atoms with Gasteiger partial charge in [0.05, 0.1) is 11.7 Å². The Labute approximate surface area is 186 Å². The summed E-state index contributed by atoms with van der Waals surface area (Å²) < 4.78 is 6.00. The lowest BCUT2D eigenvalue weighted by atomic mass is 10.0. The lowest BCUT2D eigenvalue weighted by molar-refractivity contribution is 0.100. The molecule has 0 spiro atoms. The van der Waals surface area contributed by atoms with Crippen LogP contribution in [0.1, 0.15) is 39.8 Å². The van der Waals surface area contributed by atoms with Crippen molar-refractivity contribution in [2.45, 2.75) is 32.2 Å². The highest BCUT2D eigenvalue weighted by Gasteiger charge is 2.32. The van der Waals surface area contributed by atoms with Crippen LogP contribution in [-0.2, 0) is 6.54 Å². The van der Waals surface area contributed by atoms with Crippen molar-refractivity contribution in [2.75, 3.05) is 0 Å². The monoisotopic (exact) mass is 427 g/mol. The largest absolute Gasteiger partial charge is 0.460 e. The second-order valence-corrected chi connectivity index (χ2v) is 7.95. The van der Waals surface area contributed by atoms with Gasteiger partial charge in [0.2, 0.25) is 0 Å². The molecular weight excluding hydrogens is 402 g/mol. The van der Waals surface area contributed by atoms with Gasteiger partial charge in [-0.3, -0.25) is 15.4 Å². The number of primary amides is 1. The summed E-state index contributed by atoms with van der Waals surface area (Å²) in [4.78, 5) is 16.5. The third-order valence-corrected chi connectivity index (χ3v) is 5.88. The van der Waals surface area contributed by atoms with Crippen molar-refractivity contribution in [1.82, 2.24) is 16.0 Å². The molecule has 0 saturated carbocycles. The van der Waals surface area contributed by atoms with E-state index in [2.05, 4.69) is 39.2 Å². The summed E-state index contributed by atoms with van der Waals surface area (Å²) in [5, 5.41) is 11.7. The molecule has 3 heterocycles. The Morgan fingerprint density at radius 2 is 2.06 bits per heavy atom. The normalized spacial score (nSPS) is 20.2. The molecule has 1 amide bonds. The summed E-state index contributed by atoms with van der Waals surface area (Å²) in [5.41, 5.74) is 9.74. The molecule has 0 fully saturated rings. The summed E-state index contributed by atoms with van der Waals surface area (Å²) >= 11 is 0. The van der Waals surface area contributed by atoms with E-state index in [4.69, 9.17) is 10.2 Å². The maximum atomic E-state index is 11.9. The molecule has 7 nitrogen and oxygen atoms in total. The maximum Gasteiger partial charge on any atom is 0.252 e. The Balaban J connectivity index is 1.52. The van der Waals surface area contributed by atoms with Gasteiger partial charge >= 0.3 is 0 Å². The number of furan rings is 1. The van der Waals surface area contributed by atoms with Gasteiger partial charge in [-0.25, -0.2) is 4.99 Å². The van der Waals surface area contributed by atoms with Crippen molar-refractivity contribution in [3.63, 3.8) is 0 Å². The van der Waals surface area contributed by atoms with Crippen molar-refractivity contribution in [3.8, 4) is 0 Å². The van der Waals surface area contributed by atoms with Gasteiger partial charge in [-0.1, -0.05) is 48.5 Å². The Kier molecular flexibility index (Phi) is 5.34. The number of hydrogen-bond donors (Lipinski definition) is 4. The van der Waals surface area contributed by atoms with Gasteiger partial charge in [0.15, 0.2) is 0 Å². The van der Waals surface area contributed by atoms with Crippen molar-refractivity contribution in [3.05, 3.63) is 94.5 Å². The smallest absolute Gasteiger partial charge is 0.252 e. The van der Waals surface area contributed by atoms with Crippen LogP contribution in [0.15, 0.2) is 81.5 Å². The summed E-state index contributed by atoms with van der Waals surface area (Å²) in [6.07, 6.45) is 6.29. The molecule has 7 heteroatoms. The molecule has 2 aromatic carbocycles. The number of carbonyl (C=O) groups excluding carboxylic acids is 1. The Bertz CT molecular complexity index is 1260. The van der Waals surface area contributed by atoms with Gasteiger partial charge in [0.25, 0.3) is 5.91 Å². The van der Waals surface area contributed by atoms with Crippen LogP contribution in [0.3, 0.4) is 0 Å². The Morgan fingerprint density at radius 1 is 1.22 bits per heavy atom. The number of amides is 1. The topological polar surface area (TPSA) is 105 Å². The van der Waals surface area contributed by atoms with E-state index in [1.54, 1.807) is 12.3 Å². The van der Waals surface area contributed by atoms with Gasteiger partial charge in [-0.2, -0.15) is 0 Å². The number of nitrogens with two attached hydrogens (primary N) is 1. The molecule has 5 rings (SSSR count). The van der Waals surface area contributed by atoms with Crippen molar-refractivity contribution in [1.29, 1.82) is 0 Å². The highest BCUT2D eigenvalue weighted by atomic mass is 16.3. The molecule has 32 heavy (non-hydrogen) atoms. The number of carbonyl (C=O) groups is 1. The van der Waals surface area contributed by atoms with Crippen molar-refractivity contribution >= 4 is 23.1 Å². The third kappa shape index (κ3) is 3.72. The minimum Gasteiger partial charge on any atom is -0.460 e. The summed E-state index contributed by atoms with van der Waals surface area (Å²) in [7, 11) is 0. The van der Waals surface area contributed by atoms with E-state index < -0.39 is 5.91 Å². The fourth-order valence-corrected chi connectivity index (χ4v) is 4.35. The van der Waals surface area contributed by atoms with E-state index in [9.17, 15) is 4.79 Å². The fraction of sp³-hybridized carbons (Fsp3) is 0.200. The zero-order valence-electron chi connectivity index (χ0n) is 17.8. The first kappa shape index (κ1) is 20.2. The number of para-hydroxylation sites is 1. The first-order valence-corrected chi connectivity index (χ1v) is 10.7. The van der Waals surface area contributed by atoms with Crippen LogP contribution >= 0.6 is 0 Å². The van der Waals surface area contributed by atoms with Gasteiger partial charge in [-0.15, -0.1) is 0 Å². The molecule has 0 aliphatic carbocycles. The molecule has 3 aromatic rings. The molecule has 1 aromatic heterocycles. The summed E-state index contributed by atoms with van der Waals surface area (Å²) in [5.74, 6) is 1.05. The predicted molar refractivity (Wildman–Crippen MR) is 125 cm³/mol. The van der Waals surface area contributed by atoms with Crippen molar-refractivity contribution in [2.24, 2.45) is 10.7 Å². The average molecular weight is 428 g/mol. The number of aliphatic imine (C=N–C) groups is 1. The molecule has 2 aliphatic heterocycles. The number of aryl methyl sites for hydroxylation is 1. The standard InChI is InChI=1S/C25H25N5O2/c1-15-20(17-11-7-12-18(22(26)31)21(17)32-15)25-29-23-19(10-5-6-13-27-23)24(30-25)28-14-16-8-3-2-4-9-16/h2-9,11-13,24-25,28-30H,10,14H2,1H3,(H2,26,31).